The van der Waals surface area contributed by atoms with E-state index in [2.05, 4.69) is 38.2 Å². The zero-order chi connectivity index (χ0) is 13.9. The summed E-state index contributed by atoms with van der Waals surface area (Å²) < 4.78 is 5.99. The van der Waals surface area contributed by atoms with E-state index in [-0.39, 0.29) is 11.5 Å². The number of ether oxygens (including phenoxy) is 1. The van der Waals surface area contributed by atoms with Gasteiger partial charge in [0.1, 0.15) is 11.9 Å². The molecule has 1 saturated heterocycles. The molecule has 0 amide bonds. The zero-order valence-corrected chi connectivity index (χ0v) is 12.9. The van der Waals surface area contributed by atoms with Crippen LogP contribution in [0.1, 0.15) is 45.6 Å². The van der Waals surface area contributed by atoms with Crippen LogP contribution in [0.5, 0.6) is 5.75 Å². The molecule has 0 saturated carbocycles. The smallest absolute Gasteiger partial charge is 0.138 e. The van der Waals surface area contributed by atoms with Crippen molar-refractivity contribution in [2.75, 3.05) is 13.1 Å². The Bertz CT molecular complexity index is 425. The van der Waals surface area contributed by atoms with E-state index in [9.17, 15) is 0 Å². The molecule has 2 rings (SSSR count). The molecule has 3 heteroatoms. The summed E-state index contributed by atoms with van der Waals surface area (Å²) >= 11 is 6.37. The predicted octanol–water partition coefficient (Wildman–Crippen LogP) is 4.16. The average molecular weight is 282 g/mol. The summed E-state index contributed by atoms with van der Waals surface area (Å²) in [6.45, 7) is 8.69. The Labute approximate surface area is 121 Å². The van der Waals surface area contributed by atoms with Crippen LogP contribution in [0.2, 0.25) is 5.02 Å². The Morgan fingerprint density at radius 2 is 2.21 bits per heavy atom. The highest BCUT2D eigenvalue weighted by Gasteiger charge is 2.20. The van der Waals surface area contributed by atoms with Gasteiger partial charge >= 0.3 is 0 Å². The summed E-state index contributed by atoms with van der Waals surface area (Å²) in [7, 11) is 0. The first-order valence-electron chi connectivity index (χ1n) is 7.20. The van der Waals surface area contributed by atoms with Gasteiger partial charge in [-0.25, -0.2) is 0 Å². The van der Waals surface area contributed by atoms with E-state index in [4.69, 9.17) is 16.3 Å². The van der Waals surface area contributed by atoms with E-state index < -0.39 is 0 Å². The molecule has 1 aliphatic heterocycles. The van der Waals surface area contributed by atoms with Gasteiger partial charge in [0, 0.05) is 6.54 Å². The molecule has 2 nitrogen and oxygen atoms in total. The molecule has 1 aromatic carbocycles. The highest BCUT2D eigenvalue weighted by atomic mass is 35.5. The Morgan fingerprint density at radius 1 is 1.42 bits per heavy atom. The molecule has 1 heterocycles. The second-order valence-corrected chi connectivity index (χ2v) is 6.38. The van der Waals surface area contributed by atoms with Crippen molar-refractivity contribution in [2.24, 2.45) is 0 Å². The Morgan fingerprint density at radius 3 is 2.79 bits per heavy atom. The number of hydrogen-bond acceptors (Lipinski definition) is 2. The molecule has 19 heavy (non-hydrogen) atoms. The average Bonchev–Trinajstić information content (AvgIpc) is 2.42. The van der Waals surface area contributed by atoms with Crippen molar-refractivity contribution in [1.82, 2.24) is 5.32 Å². The van der Waals surface area contributed by atoms with Gasteiger partial charge < -0.3 is 10.1 Å². The van der Waals surface area contributed by atoms with Gasteiger partial charge in [-0.05, 0) is 48.9 Å². The Balaban J connectivity index is 2.10. The molecule has 1 aromatic rings. The second kappa shape index (κ2) is 6.15. The van der Waals surface area contributed by atoms with Crippen LogP contribution in [0.4, 0.5) is 0 Å². The fraction of sp³-hybridized carbons (Fsp3) is 0.625. The maximum atomic E-state index is 6.37. The largest absolute Gasteiger partial charge is 0.488 e. The maximum absolute atomic E-state index is 6.37. The fourth-order valence-electron chi connectivity index (χ4n) is 2.32. The van der Waals surface area contributed by atoms with E-state index in [1.54, 1.807) is 0 Å². The quantitative estimate of drug-likeness (QED) is 0.895. The van der Waals surface area contributed by atoms with Gasteiger partial charge in [-0.2, -0.15) is 0 Å². The summed E-state index contributed by atoms with van der Waals surface area (Å²) in [5.41, 5.74) is 1.43. The van der Waals surface area contributed by atoms with Crippen molar-refractivity contribution in [1.29, 1.82) is 0 Å². The molecule has 1 N–H and O–H groups in total. The summed E-state index contributed by atoms with van der Waals surface area (Å²) in [4.78, 5) is 0. The minimum absolute atomic E-state index is 0.161. The lowest BCUT2D eigenvalue weighted by molar-refractivity contribution is 0.167. The molecular formula is C16H24ClNO. The highest BCUT2D eigenvalue weighted by molar-refractivity contribution is 6.32. The fourth-order valence-corrected chi connectivity index (χ4v) is 2.55. The number of hydrogen-bond donors (Lipinski definition) is 1. The summed E-state index contributed by atoms with van der Waals surface area (Å²) in [6.07, 6.45) is 3.61. The van der Waals surface area contributed by atoms with Crippen LogP contribution in [0.3, 0.4) is 0 Å². The number of halogens is 1. The minimum atomic E-state index is 0.161. The molecule has 0 radical (unpaired) electrons. The zero-order valence-electron chi connectivity index (χ0n) is 12.1. The third kappa shape index (κ3) is 3.64. The molecule has 106 valence electrons. The summed E-state index contributed by atoms with van der Waals surface area (Å²) in [6, 6.07) is 6.21. The third-order valence-electron chi connectivity index (χ3n) is 4.14. The predicted molar refractivity (Wildman–Crippen MR) is 81.3 cm³/mol. The first-order valence-corrected chi connectivity index (χ1v) is 7.58. The van der Waals surface area contributed by atoms with Crippen LogP contribution in [0, 0.1) is 0 Å². The lowest BCUT2D eigenvalue weighted by atomic mass is 9.82. The molecule has 0 spiro atoms. The van der Waals surface area contributed by atoms with Crippen molar-refractivity contribution in [3.8, 4) is 5.75 Å². The summed E-state index contributed by atoms with van der Waals surface area (Å²) in [5.74, 6) is 0.811. The standard InChI is InChI=1S/C16H24ClNO/c1-4-16(2,3)12-7-8-15(14(17)10-12)19-13-6-5-9-18-11-13/h7-8,10,13,18H,4-6,9,11H2,1-3H3. The highest BCUT2D eigenvalue weighted by Crippen LogP contribution is 2.33. The third-order valence-corrected chi connectivity index (χ3v) is 4.44. The van der Waals surface area contributed by atoms with Crippen molar-refractivity contribution < 1.29 is 4.74 Å². The molecule has 1 unspecified atom stereocenters. The van der Waals surface area contributed by atoms with Crippen LogP contribution < -0.4 is 10.1 Å². The van der Waals surface area contributed by atoms with Gasteiger partial charge in [-0.1, -0.05) is 38.4 Å². The van der Waals surface area contributed by atoms with Crippen LogP contribution in [-0.2, 0) is 5.41 Å². The van der Waals surface area contributed by atoms with Gasteiger partial charge in [-0.3, -0.25) is 0 Å². The number of rotatable bonds is 4. The van der Waals surface area contributed by atoms with Gasteiger partial charge in [-0.15, -0.1) is 0 Å². The van der Waals surface area contributed by atoms with E-state index in [0.717, 1.165) is 36.7 Å². The SMILES string of the molecule is CCC(C)(C)c1ccc(OC2CCCNC2)c(Cl)c1. The molecule has 1 fully saturated rings. The maximum Gasteiger partial charge on any atom is 0.138 e. The first-order chi connectivity index (χ1) is 9.03. The van der Waals surface area contributed by atoms with E-state index in [1.165, 1.54) is 12.0 Å². The van der Waals surface area contributed by atoms with Crippen molar-refractivity contribution in [2.45, 2.75) is 51.6 Å². The summed E-state index contributed by atoms with van der Waals surface area (Å²) in [5, 5.41) is 4.08. The number of benzene rings is 1. The molecule has 1 atom stereocenters. The second-order valence-electron chi connectivity index (χ2n) is 5.97. The van der Waals surface area contributed by atoms with Gasteiger partial charge in [0.25, 0.3) is 0 Å². The Kier molecular flexibility index (Phi) is 4.75. The van der Waals surface area contributed by atoms with Crippen LogP contribution >= 0.6 is 11.6 Å². The van der Waals surface area contributed by atoms with Crippen molar-refractivity contribution >= 4 is 11.6 Å². The number of nitrogens with one attached hydrogen (secondary N) is 1. The molecule has 0 bridgehead atoms. The lowest BCUT2D eigenvalue weighted by Crippen LogP contribution is -2.37. The van der Waals surface area contributed by atoms with Crippen LogP contribution in [-0.4, -0.2) is 19.2 Å². The molecule has 0 aliphatic carbocycles. The van der Waals surface area contributed by atoms with Crippen LogP contribution in [0.15, 0.2) is 18.2 Å². The minimum Gasteiger partial charge on any atom is -0.488 e. The first kappa shape index (κ1) is 14.7. The Hall–Kier alpha value is -0.730. The van der Waals surface area contributed by atoms with Gasteiger partial charge in [0.05, 0.1) is 5.02 Å². The van der Waals surface area contributed by atoms with Gasteiger partial charge in [0.2, 0.25) is 0 Å². The normalized spacial score (nSPS) is 20.3. The van der Waals surface area contributed by atoms with Crippen molar-refractivity contribution in [3.63, 3.8) is 0 Å². The van der Waals surface area contributed by atoms with E-state index >= 15 is 0 Å². The molecule has 0 aromatic heterocycles. The molecule has 1 aliphatic rings. The van der Waals surface area contributed by atoms with Gasteiger partial charge in [0.15, 0.2) is 0 Å². The lowest BCUT2D eigenvalue weighted by Gasteiger charge is -2.26. The van der Waals surface area contributed by atoms with Crippen LogP contribution in [0.25, 0.3) is 0 Å². The topological polar surface area (TPSA) is 21.3 Å². The van der Waals surface area contributed by atoms with E-state index in [0.29, 0.717) is 0 Å². The van der Waals surface area contributed by atoms with Crippen molar-refractivity contribution in [3.05, 3.63) is 28.8 Å². The van der Waals surface area contributed by atoms with E-state index in [1.807, 2.05) is 6.07 Å². The number of piperidine rings is 1. The monoisotopic (exact) mass is 281 g/mol. The molecular weight excluding hydrogens is 258 g/mol.